The summed E-state index contributed by atoms with van der Waals surface area (Å²) in [6, 6.07) is 0. The molecule has 0 amide bonds. The predicted molar refractivity (Wildman–Crippen MR) is 31.7 cm³/mol. The Morgan fingerprint density at radius 3 is 2.75 bits per heavy atom. The number of imidazole rings is 1. The van der Waals surface area contributed by atoms with Gasteiger partial charge in [0, 0.05) is 0 Å². The van der Waals surface area contributed by atoms with Gasteiger partial charge in [-0.15, -0.1) is 0 Å². The van der Waals surface area contributed by atoms with Gasteiger partial charge < -0.3 is 10.1 Å². The zero-order chi connectivity index (χ0) is 5.11. The van der Waals surface area contributed by atoms with Gasteiger partial charge in [-0.2, -0.15) is 0 Å². The molecule has 40 valence electrons. The molecular formula is C4H7KN2O. The van der Waals surface area contributed by atoms with Crippen LogP contribution in [0, 0.1) is 0 Å². The number of aromatic amines is 1. The molecule has 0 aliphatic heterocycles. The van der Waals surface area contributed by atoms with Crippen molar-refractivity contribution in [1.29, 1.82) is 0 Å². The van der Waals surface area contributed by atoms with Crippen molar-refractivity contribution in [1.82, 2.24) is 9.97 Å². The quantitative estimate of drug-likeness (QED) is 0.502. The van der Waals surface area contributed by atoms with E-state index in [4.69, 9.17) is 5.11 Å². The van der Waals surface area contributed by atoms with Crippen molar-refractivity contribution in [3.63, 3.8) is 0 Å². The van der Waals surface area contributed by atoms with E-state index in [9.17, 15) is 0 Å². The first-order valence-corrected chi connectivity index (χ1v) is 2.01. The Morgan fingerprint density at radius 2 is 2.50 bits per heavy atom. The standard InChI is InChI=1S/C4H6N2O.K.H/c7-2-4-1-5-3-6-4;;/h1,3,7H,2H2,(H,5,6);;. The van der Waals surface area contributed by atoms with E-state index >= 15 is 0 Å². The fourth-order valence-corrected chi connectivity index (χ4v) is 0.371. The van der Waals surface area contributed by atoms with Crippen molar-refractivity contribution >= 4 is 51.4 Å². The summed E-state index contributed by atoms with van der Waals surface area (Å²) in [5.41, 5.74) is 0.750. The van der Waals surface area contributed by atoms with Crippen LogP contribution in [0.3, 0.4) is 0 Å². The summed E-state index contributed by atoms with van der Waals surface area (Å²) in [6.45, 7) is 0.0417. The molecule has 0 spiro atoms. The Bertz CT molecular complexity index is 129. The molecule has 1 rings (SSSR count). The molecule has 8 heavy (non-hydrogen) atoms. The van der Waals surface area contributed by atoms with Crippen LogP contribution in [0.4, 0.5) is 0 Å². The number of aliphatic hydroxyl groups excluding tert-OH is 1. The second kappa shape index (κ2) is 4.66. The maximum absolute atomic E-state index is 8.36. The maximum atomic E-state index is 8.36. The first kappa shape index (κ1) is 8.81. The van der Waals surface area contributed by atoms with Crippen LogP contribution in [0.1, 0.15) is 5.69 Å². The average molecular weight is 138 g/mol. The second-order valence-corrected chi connectivity index (χ2v) is 1.23. The number of nitrogens with one attached hydrogen (secondary N) is 1. The average Bonchev–Trinajstić information content (AvgIpc) is 2.14. The van der Waals surface area contributed by atoms with Gasteiger partial charge in [0.1, 0.15) is 0 Å². The summed E-state index contributed by atoms with van der Waals surface area (Å²) < 4.78 is 0. The molecule has 0 unspecified atom stereocenters. The van der Waals surface area contributed by atoms with Crippen LogP contribution >= 0.6 is 0 Å². The van der Waals surface area contributed by atoms with E-state index in [1.165, 1.54) is 6.33 Å². The fraction of sp³-hybridized carbons (Fsp3) is 0.250. The number of nitrogens with zero attached hydrogens (tertiary/aromatic N) is 1. The van der Waals surface area contributed by atoms with Crippen molar-refractivity contribution in [2.45, 2.75) is 6.61 Å². The van der Waals surface area contributed by atoms with Gasteiger partial charge in [-0.05, 0) is 0 Å². The van der Waals surface area contributed by atoms with Gasteiger partial charge in [0.2, 0.25) is 0 Å². The molecule has 0 saturated heterocycles. The summed E-state index contributed by atoms with van der Waals surface area (Å²) in [5, 5.41) is 8.36. The van der Waals surface area contributed by atoms with Crippen LogP contribution in [0.25, 0.3) is 0 Å². The van der Waals surface area contributed by atoms with E-state index in [-0.39, 0.29) is 58.0 Å². The first-order chi connectivity index (χ1) is 3.43. The first-order valence-electron chi connectivity index (χ1n) is 2.01. The Hall–Kier alpha value is 0.806. The van der Waals surface area contributed by atoms with Gasteiger partial charge >= 0.3 is 51.4 Å². The third-order valence-corrected chi connectivity index (χ3v) is 0.725. The van der Waals surface area contributed by atoms with Gasteiger partial charge in [-0.25, -0.2) is 4.98 Å². The normalized spacial score (nSPS) is 8.12. The Kier molecular flexibility index (Phi) is 5.13. The second-order valence-electron chi connectivity index (χ2n) is 1.23. The molecule has 0 atom stereocenters. The molecule has 0 aliphatic carbocycles. The third kappa shape index (κ3) is 2.39. The third-order valence-electron chi connectivity index (χ3n) is 0.725. The minimum absolute atomic E-state index is 0. The zero-order valence-electron chi connectivity index (χ0n) is 3.76. The summed E-state index contributed by atoms with van der Waals surface area (Å²) in [7, 11) is 0. The van der Waals surface area contributed by atoms with Crippen LogP contribution in [-0.2, 0) is 6.61 Å². The van der Waals surface area contributed by atoms with Gasteiger partial charge in [-0.3, -0.25) is 0 Å². The molecular weight excluding hydrogens is 131 g/mol. The van der Waals surface area contributed by atoms with E-state index in [1.54, 1.807) is 6.20 Å². The zero-order valence-corrected chi connectivity index (χ0v) is 3.76. The molecule has 1 aromatic rings. The molecule has 1 heterocycles. The SMILES string of the molecule is OCc1cnc[nH]1.[KH]. The summed E-state index contributed by atoms with van der Waals surface area (Å²) in [4.78, 5) is 6.40. The van der Waals surface area contributed by atoms with Crippen molar-refractivity contribution in [3.8, 4) is 0 Å². The predicted octanol–water partition coefficient (Wildman–Crippen LogP) is -0.747. The van der Waals surface area contributed by atoms with Crippen molar-refractivity contribution in [2.24, 2.45) is 0 Å². The van der Waals surface area contributed by atoms with Gasteiger partial charge in [0.25, 0.3) is 0 Å². The van der Waals surface area contributed by atoms with E-state index in [0.717, 1.165) is 5.69 Å². The van der Waals surface area contributed by atoms with Gasteiger partial charge in [-0.1, -0.05) is 0 Å². The summed E-state index contributed by atoms with van der Waals surface area (Å²) in [5.74, 6) is 0. The molecule has 3 nitrogen and oxygen atoms in total. The van der Waals surface area contributed by atoms with Crippen molar-refractivity contribution in [2.75, 3.05) is 0 Å². The van der Waals surface area contributed by atoms with E-state index in [2.05, 4.69) is 9.97 Å². The van der Waals surface area contributed by atoms with Crippen LogP contribution in [0.2, 0.25) is 0 Å². The van der Waals surface area contributed by atoms with E-state index in [0.29, 0.717) is 0 Å². The van der Waals surface area contributed by atoms with Crippen LogP contribution in [0.5, 0.6) is 0 Å². The molecule has 4 heteroatoms. The number of rotatable bonds is 1. The van der Waals surface area contributed by atoms with Crippen molar-refractivity contribution < 1.29 is 5.11 Å². The number of H-pyrrole nitrogens is 1. The number of aromatic nitrogens is 2. The number of hydrogen-bond donors (Lipinski definition) is 2. The molecule has 0 aliphatic rings. The van der Waals surface area contributed by atoms with Crippen LogP contribution < -0.4 is 0 Å². The molecule has 2 N–H and O–H groups in total. The molecule has 1 aromatic heterocycles. The molecule has 0 aromatic carbocycles. The van der Waals surface area contributed by atoms with Crippen molar-refractivity contribution in [3.05, 3.63) is 18.2 Å². The molecule has 0 radical (unpaired) electrons. The monoisotopic (exact) mass is 138 g/mol. The topological polar surface area (TPSA) is 48.9 Å². The molecule has 0 bridgehead atoms. The molecule has 0 fully saturated rings. The fourth-order valence-electron chi connectivity index (χ4n) is 0.371. The minimum atomic E-state index is 0. The van der Waals surface area contributed by atoms with Crippen LogP contribution in [0.15, 0.2) is 12.5 Å². The summed E-state index contributed by atoms with van der Waals surface area (Å²) >= 11 is 0. The number of aliphatic hydroxyl groups is 1. The van der Waals surface area contributed by atoms with Gasteiger partial charge in [0.15, 0.2) is 0 Å². The molecule has 0 saturated carbocycles. The Labute approximate surface area is 89.9 Å². The van der Waals surface area contributed by atoms with Crippen LogP contribution in [-0.4, -0.2) is 66.5 Å². The Morgan fingerprint density at radius 1 is 1.75 bits per heavy atom. The van der Waals surface area contributed by atoms with Gasteiger partial charge in [0.05, 0.1) is 24.8 Å². The number of hydrogen-bond acceptors (Lipinski definition) is 2. The Balaban J connectivity index is 0.000000490. The van der Waals surface area contributed by atoms with E-state index in [1.807, 2.05) is 0 Å². The van der Waals surface area contributed by atoms with E-state index < -0.39 is 0 Å². The summed E-state index contributed by atoms with van der Waals surface area (Å²) in [6.07, 6.45) is 3.12.